The maximum Gasteiger partial charge on any atom is 0.308 e. The lowest BCUT2D eigenvalue weighted by atomic mass is 9.97. The van der Waals surface area contributed by atoms with Gasteiger partial charge >= 0.3 is 5.97 Å². The highest BCUT2D eigenvalue weighted by atomic mass is 16.4. The van der Waals surface area contributed by atoms with Crippen LogP contribution in [-0.2, 0) is 11.2 Å². The number of nitrogens with one attached hydrogen (secondary N) is 1. The molecule has 1 saturated heterocycles. The van der Waals surface area contributed by atoms with Gasteiger partial charge in [0, 0.05) is 36.4 Å². The zero-order valence-electron chi connectivity index (χ0n) is 13.4. The van der Waals surface area contributed by atoms with E-state index in [2.05, 4.69) is 32.3 Å². The molecule has 0 aliphatic carbocycles. The molecule has 2 aliphatic rings. The Hall–Kier alpha value is -2.63. The number of rotatable bonds is 2. The Morgan fingerprint density at radius 2 is 2.17 bits per heavy atom. The second-order valence-corrected chi connectivity index (χ2v) is 6.37. The van der Waals surface area contributed by atoms with Crippen molar-refractivity contribution in [2.24, 2.45) is 5.92 Å². The van der Waals surface area contributed by atoms with Crippen LogP contribution in [0, 0.1) is 5.92 Å². The van der Waals surface area contributed by atoms with Crippen molar-refractivity contribution in [1.82, 2.24) is 9.97 Å². The summed E-state index contributed by atoms with van der Waals surface area (Å²) in [6, 6.07) is 8.16. The fourth-order valence-electron chi connectivity index (χ4n) is 3.67. The summed E-state index contributed by atoms with van der Waals surface area (Å²) >= 11 is 0. The molecule has 1 unspecified atom stereocenters. The van der Waals surface area contributed by atoms with Crippen LogP contribution in [0.1, 0.15) is 18.4 Å². The number of carboxylic acid groups (broad SMARTS) is 1. The van der Waals surface area contributed by atoms with Gasteiger partial charge < -0.3 is 15.3 Å². The Morgan fingerprint density at radius 1 is 1.29 bits per heavy atom. The minimum atomic E-state index is -0.716. The smallest absolute Gasteiger partial charge is 0.308 e. The van der Waals surface area contributed by atoms with Crippen molar-refractivity contribution >= 4 is 17.5 Å². The molecule has 124 valence electrons. The number of fused-ring (bicyclic) bond motifs is 3. The molecular formula is C18H20N4O2. The summed E-state index contributed by atoms with van der Waals surface area (Å²) in [7, 11) is 0. The summed E-state index contributed by atoms with van der Waals surface area (Å²) in [4.78, 5) is 22.5. The van der Waals surface area contributed by atoms with Crippen LogP contribution in [0.25, 0.3) is 11.3 Å². The Labute approximate surface area is 140 Å². The first-order chi connectivity index (χ1) is 11.7. The molecule has 0 amide bonds. The lowest BCUT2D eigenvalue weighted by Crippen LogP contribution is -2.39. The number of carbonyl (C=O) groups is 1. The Bertz CT molecular complexity index is 777. The van der Waals surface area contributed by atoms with Crippen molar-refractivity contribution in [2.45, 2.75) is 19.3 Å². The number of para-hydroxylation sites is 1. The van der Waals surface area contributed by atoms with Gasteiger partial charge in [-0.05, 0) is 25.3 Å². The number of piperidine rings is 1. The van der Waals surface area contributed by atoms with Crippen molar-refractivity contribution in [3.05, 3.63) is 36.2 Å². The standard InChI is InChI=1S/C18H20N4O2/c23-18(24)12-4-3-9-22(10-12)17-14-7-8-19-15-6-2-1-5-13(15)16(14)20-11-21-17/h1-2,5-6,11-12,19H,3-4,7-10H2,(H,23,24). The van der Waals surface area contributed by atoms with E-state index >= 15 is 0 Å². The fraction of sp³-hybridized carbons (Fsp3) is 0.389. The predicted molar refractivity (Wildman–Crippen MR) is 92.2 cm³/mol. The summed E-state index contributed by atoms with van der Waals surface area (Å²) in [5, 5.41) is 12.8. The molecule has 24 heavy (non-hydrogen) atoms. The molecule has 2 aliphatic heterocycles. The second kappa shape index (κ2) is 6.11. The lowest BCUT2D eigenvalue weighted by molar-refractivity contribution is -0.141. The van der Waals surface area contributed by atoms with E-state index in [4.69, 9.17) is 0 Å². The Balaban J connectivity index is 1.76. The van der Waals surface area contributed by atoms with Crippen molar-refractivity contribution in [1.29, 1.82) is 0 Å². The maximum absolute atomic E-state index is 11.4. The first-order valence-corrected chi connectivity index (χ1v) is 8.39. The quantitative estimate of drug-likeness (QED) is 0.883. The largest absolute Gasteiger partial charge is 0.481 e. The van der Waals surface area contributed by atoms with Gasteiger partial charge in [0.2, 0.25) is 0 Å². The minimum absolute atomic E-state index is 0.319. The molecule has 1 atom stereocenters. The molecule has 3 heterocycles. The van der Waals surface area contributed by atoms with Crippen LogP contribution < -0.4 is 10.2 Å². The molecule has 0 bridgehead atoms. The molecule has 0 spiro atoms. The SMILES string of the molecule is O=C(O)C1CCCN(c2ncnc3c2CCNc2ccccc2-3)C1. The number of aliphatic carboxylic acids is 1. The van der Waals surface area contributed by atoms with E-state index in [0.717, 1.165) is 60.7 Å². The van der Waals surface area contributed by atoms with E-state index < -0.39 is 5.97 Å². The van der Waals surface area contributed by atoms with E-state index in [1.165, 1.54) is 0 Å². The van der Waals surface area contributed by atoms with E-state index in [0.29, 0.717) is 6.54 Å². The highest BCUT2D eigenvalue weighted by molar-refractivity contribution is 5.81. The van der Waals surface area contributed by atoms with Gasteiger partial charge in [0.1, 0.15) is 12.1 Å². The number of anilines is 2. The van der Waals surface area contributed by atoms with Gasteiger partial charge in [0.25, 0.3) is 0 Å². The third-order valence-corrected chi connectivity index (χ3v) is 4.87. The predicted octanol–water partition coefficient (Wildman–Crippen LogP) is 2.41. The van der Waals surface area contributed by atoms with E-state index in [-0.39, 0.29) is 5.92 Å². The normalized spacial score (nSPS) is 19.7. The van der Waals surface area contributed by atoms with E-state index in [9.17, 15) is 9.90 Å². The number of benzene rings is 1. The third-order valence-electron chi connectivity index (χ3n) is 4.87. The van der Waals surface area contributed by atoms with Crippen molar-refractivity contribution in [2.75, 3.05) is 29.9 Å². The fourth-order valence-corrected chi connectivity index (χ4v) is 3.67. The van der Waals surface area contributed by atoms with Crippen LogP contribution >= 0.6 is 0 Å². The lowest BCUT2D eigenvalue weighted by Gasteiger charge is -2.33. The summed E-state index contributed by atoms with van der Waals surface area (Å²) in [5.41, 5.74) is 4.24. The van der Waals surface area contributed by atoms with Gasteiger partial charge in [-0.15, -0.1) is 0 Å². The van der Waals surface area contributed by atoms with Crippen LogP contribution in [0.15, 0.2) is 30.6 Å². The van der Waals surface area contributed by atoms with Crippen molar-refractivity contribution in [3.8, 4) is 11.3 Å². The summed E-state index contributed by atoms with van der Waals surface area (Å²) in [6.07, 6.45) is 4.04. The monoisotopic (exact) mass is 324 g/mol. The number of hydrogen-bond acceptors (Lipinski definition) is 5. The Morgan fingerprint density at radius 3 is 3.04 bits per heavy atom. The van der Waals surface area contributed by atoms with Gasteiger partial charge in [-0.2, -0.15) is 0 Å². The van der Waals surface area contributed by atoms with Crippen LogP contribution in [0.2, 0.25) is 0 Å². The molecule has 1 fully saturated rings. The van der Waals surface area contributed by atoms with E-state index in [1.54, 1.807) is 6.33 Å². The first-order valence-electron chi connectivity index (χ1n) is 8.39. The number of aromatic nitrogens is 2. The number of hydrogen-bond donors (Lipinski definition) is 2. The minimum Gasteiger partial charge on any atom is -0.481 e. The molecular weight excluding hydrogens is 304 g/mol. The van der Waals surface area contributed by atoms with Gasteiger partial charge in [0.05, 0.1) is 11.6 Å². The Kier molecular flexibility index (Phi) is 3.80. The first kappa shape index (κ1) is 14.9. The maximum atomic E-state index is 11.4. The van der Waals surface area contributed by atoms with Gasteiger partial charge in [0.15, 0.2) is 0 Å². The molecule has 1 aromatic heterocycles. The molecule has 1 aromatic carbocycles. The van der Waals surface area contributed by atoms with Crippen molar-refractivity contribution in [3.63, 3.8) is 0 Å². The zero-order valence-corrected chi connectivity index (χ0v) is 13.4. The van der Waals surface area contributed by atoms with Crippen LogP contribution in [0.5, 0.6) is 0 Å². The van der Waals surface area contributed by atoms with E-state index in [1.807, 2.05) is 12.1 Å². The average molecular weight is 324 g/mol. The average Bonchev–Trinajstić information content (AvgIpc) is 2.81. The van der Waals surface area contributed by atoms with Crippen LogP contribution in [-0.4, -0.2) is 40.7 Å². The van der Waals surface area contributed by atoms with Crippen LogP contribution in [0.3, 0.4) is 0 Å². The van der Waals surface area contributed by atoms with Crippen LogP contribution in [0.4, 0.5) is 11.5 Å². The number of carboxylic acids is 1. The third kappa shape index (κ3) is 2.58. The van der Waals surface area contributed by atoms with Gasteiger partial charge in [-0.1, -0.05) is 18.2 Å². The number of nitrogens with zero attached hydrogens (tertiary/aromatic N) is 3. The van der Waals surface area contributed by atoms with Gasteiger partial charge in [-0.25, -0.2) is 9.97 Å². The molecule has 0 radical (unpaired) electrons. The summed E-state index contributed by atoms with van der Waals surface area (Å²) in [5.74, 6) is -0.142. The van der Waals surface area contributed by atoms with Crippen molar-refractivity contribution < 1.29 is 9.90 Å². The summed E-state index contributed by atoms with van der Waals surface area (Å²) < 4.78 is 0. The molecule has 2 N–H and O–H groups in total. The topological polar surface area (TPSA) is 78.3 Å². The van der Waals surface area contributed by atoms with Gasteiger partial charge in [-0.3, -0.25) is 4.79 Å². The highest BCUT2D eigenvalue weighted by Gasteiger charge is 2.29. The molecule has 6 heteroatoms. The molecule has 4 rings (SSSR count). The summed E-state index contributed by atoms with van der Waals surface area (Å²) in [6.45, 7) is 2.19. The highest BCUT2D eigenvalue weighted by Crippen LogP contribution is 2.36. The molecule has 0 saturated carbocycles. The second-order valence-electron chi connectivity index (χ2n) is 6.37. The molecule has 6 nitrogen and oxygen atoms in total. The molecule has 2 aromatic rings. The zero-order chi connectivity index (χ0) is 16.5.